The Bertz CT molecular complexity index is 728. The highest BCUT2D eigenvalue weighted by atomic mass is 16.5. The topological polar surface area (TPSA) is 72.4 Å². The second-order valence-electron chi connectivity index (χ2n) is 5.97. The molecule has 6 heteroatoms. The molecule has 0 bridgehead atoms. The van der Waals surface area contributed by atoms with E-state index in [-0.39, 0.29) is 17.6 Å². The first-order chi connectivity index (χ1) is 12.1. The number of hydrogen-bond donors (Lipinski definition) is 2. The minimum absolute atomic E-state index is 0.0413. The molecule has 2 amide bonds. The maximum absolute atomic E-state index is 12.1. The Balaban J connectivity index is 1.83. The first-order valence-electron chi connectivity index (χ1n) is 8.39. The van der Waals surface area contributed by atoms with E-state index >= 15 is 0 Å². The van der Waals surface area contributed by atoms with Gasteiger partial charge in [-0.05, 0) is 31.4 Å². The van der Waals surface area contributed by atoms with E-state index in [0.717, 1.165) is 12.8 Å². The minimum atomic E-state index is -0.280. The van der Waals surface area contributed by atoms with Crippen LogP contribution in [0.25, 0.3) is 0 Å². The molecule has 6 nitrogen and oxygen atoms in total. The van der Waals surface area contributed by atoms with Crippen molar-refractivity contribution < 1.29 is 9.53 Å². The zero-order valence-electron chi connectivity index (χ0n) is 14.7. The van der Waals surface area contributed by atoms with Crippen LogP contribution < -0.4 is 16.2 Å². The van der Waals surface area contributed by atoms with Crippen LogP contribution in [0.5, 0.6) is 0 Å². The Labute approximate surface area is 147 Å². The Morgan fingerprint density at radius 3 is 2.68 bits per heavy atom. The Morgan fingerprint density at radius 2 is 1.96 bits per heavy atom. The van der Waals surface area contributed by atoms with Crippen molar-refractivity contribution in [1.82, 2.24) is 9.88 Å². The summed E-state index contributed by atoms with van der Waals surface area (Å²) < 4.78 is 6.49. The van der Waals surface area contributed by atoms with Gasteiger partial charge in [0.25, 0.3) is 5.56 Å². The minimum Gasteiger partial charge on any atom is -0.383 e. The summed E-state index contributed by atoms with van der Waals surface area (Å²) in [4.78, 5) is 23.8. The third kappa shape index (κ3) is 6.43. The fraction of sp³-hybridized carbons (Fsp3) is 0.368. The van der Waals surface area contributed by atoms with Gasteiger partial charge in [0.1, 0.15) is 0 Å². The van der Waals surface area contributed by atoms with Gasteiger partial charge in [-0.15, -0.1) is 0 Å². The summed E-state index contributed by atoms with van der Waals surface area (Å²) in [5.74, 6) is 0. The number of pyridine rings is 1. The van der Waals surface area contributed by atoms with E-state index in [9.17, 15) is 9.59 Å². The number of carbonyl (C=O) groups excluding carboxylic acids is 1. The van der Waals surface area contributed by atoms with E-state index < -0.39 is 0 Å². The molecule has 0 aliphatic carbocycles. The van der Waals surface area contributed by atoms with Gasteiger partial charge in [-0.2, -0.15) is 0 Å². The van der Waals surface area contributed by atoms with Crippen LogP contribution in [0.4, 0.5) is 10.5 Å². The number of amides is 2. The Hall–Kier alpha value is -2.60. The van der Waals surface area contributed by atoms with E-state index in [0.29, 0.717) is 18.8 Å². The molecule has 2 rings (SSSR count). The van der Waals surface area contributed by atoms with Gasteiger partial charge in [0.15, 0.2) is 0 Å². The summed E-state index contributed by atoms with van der Waals surface area (Å²) in [5, 5.41) is 5.68. The summed E-state index contributed by atoms with van der Waals surface area (Å²) >= 11 is 0. The summed E-state index contributed by atoms with van der Waals surface area (Å²) in [6.07, 6.45) is 3.38. The average Bonchev–Trinajstić information content (AvgIpc) is 2.61. The lowest BCUT2D eigenvalue weighted by atomic mass is 10.1. The maximum Gasteiger partial charge on any atom is 0.319 e. The number of hydrogen-bond acceptors (Lipinski definition) is 3. The largest absolute Gasteiger partial charge is 0.383 e. The number of urea groups is 1. The van der Waals surface area contributed by atoms with E-state index in [2.05, 4.69) is 22.8 Å². The second-order valence-corrected chi connectivity index (χ2v) is 5.97. The molecule has 0 saturated carbocycles. The van der Waals surface area contributed by atoms with Gasteiger partial charge in [0, 0.05) is 32.0 Å². The van der Waals surface area contributed by atoms with Crippen LogP contribution in [0.15, 0.2) is 53.5 Å². The van der Waals surface area contributed by atoms with Crippen molar-refractivity contribution in [1.29, 1.82) is 0 Å². The highest BCUT2D eigenvalue weighted by molar-refractivity contribution is 5.89. The highest BCUT2D eigenvalue weighted by Gasteiger charge is 2.08. The normalized spacial score (nSPS) is 11.8. The summed E-state index contributed by atoms with van der Waals surface area (Å²) in [6, 6.07) is 13.0. The monoisotopic (exact) mass is 343 g/mol. The highest BCUT2D eigenvalue weighted by Crippen LogP contribution is 2.06. The van der Waals surface area contributed by atoms with Crippen molar-refractivity contribution in [3.63, 3.8) is 0 Å². The quantitative estimate of drug-likeness (QED) is 0.774. The van der Waals surface area contributed by atoms with Gasteiger partial charge in [-0.1, -0.05) is 30.3 Å². The van der Waals surface area contributed by atoms with Crippen LogP contribution in [0, 0.1) is 0 Å². The second kappa shape index (κ2) is 9.64. The number of nitrogens with one attached hydrogen (secondary N) is 2. The van der Waals surface area contributed by atoms with E-state index in [1.807, 2.05) is 25.1 Å². The molecule has 0 fully saturated rings. The molecule has 1 heterocycles. The lowest BCUT2D eigenvalue weighted by Crippen LogP contribution is -2.36. The molecule has 1 aromatic carbocycles. The molecule has 0 unspecified atom stereocenters. The molecule has 1 aromatic heterocycles. The van der Waals surface area contributed by atoms with Crippen LogP contribution in [-0.4, -0.2) is 30.4 Å². The van der Waals surface area contributed by atoms with E-state index in [1.165, 1.54) is 16.2 Å². The van der Waals surface area contributed by atoms with Crippen LogP contribution in [0.3, 0.4) is 0 Å². The van der Waals surface area contributed by atoms with Gasteiger partial charge in [0.2, 0.25) is 0 Å². The lowest BCUT2D eigenvalue weighted by Gasteiger charge is -2.15. The van der Waals surface area contributed by atoms with Crippen molar-refractivity contribution in [2.45, 2.75) is 32.4 Å². The number of benzene rings is 1. The first kappa shape index (κ1) is 18.7. The number of ether oxygens (including phenoxy) is 1. The molecule has 25 heavy (non-hydrogen) atoms. The predicted octanol–water partition coefficient (Wildman–Crippen LogP) is 2.64. The molecule has 2 aromatic rings. The van der Waals surface area contributed by atoms with Crippen LogP contribution in [-0.2, 0) is 17.7 Å². The molecular formula is C19H25N3O3. The standard InChI is InChI=1S/C19H25N3O3/c1-15(8-9-16-6-4-3-5-7-16)20-19(24)21-17-10-11-18(23)22(14-17)12-13-25-2/h3-7,10-11,14-15H,8-9,12-13H2,1-2H3,(H2,20,21,24)/t15-/m1/s1. The number of aryl methyl sites for hydroxylation is 1. The van der Waals surface area contributed by atoms with Crippen molar-refractivity contribution >= 4 is 11.7 Å². The Kier molecular flexibility index (Phi) is 7.22. The van der Waals surface area contributed by atoms with Gasteiger partial charge in [-0.3, -0.25) is 4.79 Å². The fourth-order valence-corrected chi connectivity index (χ4v) is 2.46. The number of carbonyl (C=O) groups is 1. The molecule has 0 radical (unpaired) electrons. The molecule has 134 valence electrons. The van der Waals surface area contributed by atoms with Crippen molar-refractivity contribution in [3.05, 3.63) is 64.6 Å². The summed E-state index contributed by atoms with van der Waals surface area (Å²) in [6.45, 7) is 2.86. The fourth-order valence-electron chi connectivity index (χ4n) is 2.46. The average molecular weight is 343 g/mol. The third-order valence-corrected chi connectivity index (χ3v) is 3.86. The van der Waals surface area contributed by atoms with E-state index in [4.69, 9.17) is 4.74 Å². The number of anilines is 1. The van der Waals surface area contributed by atoms with Crippen molar-refractivity contribution in [2.24, 2.45) is 0 Å². The molecule has 0 aliphatic heterocycles. The molecule has 0 saturated heterocycles. The zero-order chi connectivity index (χ0) is 18.1. The Morgan fingerprint density at radius 1 is 1.20 bits per heavy atom. The van der Waals surface area contributed by atoms with Crippen LogP contribution in [0.1, 0.15) is 18.9 Å². The smallest absolute Gasteiger partial charge is 0.319 e. The molecule has 0 spiro atoms. The van der Waals surface area contributed by atoms with Crippen LogP contribution >= 0.6 is 0 Å². The SMILES string of the molecule is COCCn1cc(NC(=O)N[C@H](C)CCc2ccccc2)ccc1=O. The molecule has 1 atom stereocenters. The van der Waals surface area contributed by atoms with Crippen molar-refractivity contribution in [2.75, 3.05) is 19.0 Å². The number of nitrogens with zero attached hydrogens (tertiary/aromatic N) is 1. The molecular weight excluding hydrogens is 318 g/mol. The van der Waals surface area contributed by atoms with Crippen molar-refractivity contribution in [3.8, 4) is 0 Å². The number of rotatable bonds is 8. The van der Waals surface area contributed by atoms with Gasteiger partial charge in [0.05, 0.1) is 12.3 Å². The summed E-state index contributed by atoms with van der Waals surface area (Å²) in [7, 11) is 1.58. The van der Waals surface area contributed by atoms with Gasteiger partial charge < -0.3 is 19.9 Å². The van der Waals surface area contributed by atoms with E-state index in [1.54, 1.807) is 19.4 Å². The molecule has 0 aliphatic rings. The number of methoxy groups -OCH3 is 1. The molecule has 2 N–H and O–H groups in total. The first-order valence-corrected chi connectivity index (χ1v) is 8.39. The number of aromatic nitrogens is 1. The maximum atomic E-state index is 12.1. The third-order valence-electron chi connectivity index (χ3n) is 3.86. The lowest BCUT2D eigenvalue weighted by molar-refractivity contribution is 0.186. The zero-order valence-corrected chi connectivity index (χ0v) is 14.7. The van der Waals surface area contributed by atoms with Crippen LogP contribution in [0.2, 0.25) is 0 Å². The predicted molar refractivity (Wildman–Crippen MR) is 99.0 cm³/mol. The van der Waals surface area contributed by atoms with Gasteiger partial charge >= 0.3 is 6.03 Å². The van der Waals surface area contributed by atoms with Gasteiger partial charge in [-0.25, -0.2) is 4.79 Å². The summed E-state index contributed by atoms with van der Waals surface area (Å²) in [5.41, 5.74) is 1.70.